The second-order valence-electron chi connectivity index (χ2n) is 6.49. The molecule has 1 aromatic rings. The van der Waals surface area contributed by atoms with Gasteiger partial charge >= 0.3 is 0 Å². The smallest absolute Gasteiger partial charge is 0.131 e. The Morgan fingerprint density at radius 1 is 1.33 bits per heavy atom. The molecule has 0 saturated carbocycles. The zero-order valence-electron chi connectivity index (χ0n) is 13.2. The Balaban J connectivity index is 1.69. The van der Waals surface area contributed by atoms with E-state index in [4.69, 9.17) is 5.73 Å². The Hall–Kier alpha value is -1.13. The fourth-order valence-electron chi connectivity index (χ4n) is 3.64. The fraction of sp³-hybridized carbons (Fsp3) is 0.706. The van der Waals surface area contributed by atoms with E-state index in [-0.39, 0.29) is 6.04 Å². The van der Waals surface area contributed by atoms with E-state index in [1.165, 1.54) is 43.7 Å². The highest BCUT2D eigenvalue weighted by atomic mass is 15.3. The molecule has 2 aliphatic heterocycles. The van der Waals surface area contributed by atoms with Crippen molar-refractivity contribution in [3.05, 3.63) is 23.9 Å². The van der Waals surface area contributed by atoms with Crippen molar-refractivity contribution in [3.8, 4) is 0 Å². The Morgan fingerprint density at radius 3 is 2.90 bits per heavy atom. The third kappa shape index (κ3) is 3.38. The van der Waals surface area contributed by atoms with Gasteiger partial charge in [-0.15, -0.1) is 0 Å². The average Bonchev–Trinajstić information content (AvgIpc) is 3.18. The quantitative estimate of drug-likeness (QED) is 0.900. The van der Waals surface area contributed by atoms with Crippen LogP contribution in [-0.4, -0.2) is 48.1 Å². The largest absolute Gasteiger partial charge is 0.355 e. The molecule has 2 atom stereocenters. The van der Waals surface area contributed by atoms with Gasteiger partial charge < -0.3 is 10.6 Å². The van der Waals surface area contributed by atoms with Gasteiger partial charge in [0.2, 0.25) is 0 Å². The highest BCUT2D eigenvalue weighted by Gasteiger charge is 2.30. The van der Waals surface area contributed by atoms with Crippen LogP contribution in [0.15, 0.2) is 18.3 Å². The summed E-state index contributed by atoms with van der Waals surface area (Å²) in [7, 11) is 0. The summed E-state index contributed by atoms with van der Waals surface area (Å²) in [4.78, 5) is 9.80. The Morgan fingerprint density at radius 2 is 2.14 bits per heavy atom. The summed E-state index contributed by atoms with van der Waals surface area (Å²) in [5.74, 6) is 1.17. The lowest BCUT2D eigenvalue weighted by atomic mass is 10.1. The average molecular weight is 288 g/mol. The molecule has 4 heteroatoms. The monoisotopic (exact) mass is 288 g/mol. The van der Waals surface area contributed by atoms with Crippen molar-refractivity contribution in [3.63, 3.8) is 0 Å². The molecule has 21 heavy (non-hydrogen) atoms. The molecule has 3 heterocycles. The van der Waals surface area contributed by atoms with Crippen LogP contribution in [0.3, 0.4) is 0 Å². The Kier molecular flexibility index (Phi) is 4.76. The van der Waals surface area contributed by atoms with Crippen molar-refractivity contribution >= 4 is 5.82 Å². The van der Waals surface area contributed by atoms with Gasteiger partial charge in [-0.05, 0) is 56.8 Å². The van der Waals surface area contributed by atoms with Crippen LogP contribution in [0.4, 0.5) is 5.82 Å². The van der Waals surface area contributed by atoms with Crippen molar-refractivity contribution in [2.75, 3.05) is 31.1 Å². The summed E-state index contributed by atoms with van der Waals surface area (Å²) in [6.45, 7) is 6.99. The first-order valence-electron chi connectivity index (χ1n) is 8.46. The highest BCUT2D eigenvalue weighted by Crippen LogP contribution is 2.27. The summed E-state index contributed by atoms with van der Waals surface area (Å²) in [6.07, 6.45) is 7.89. The minimum atomic E-state index is 0.241. The lowest BCUT2D eigenvalue weighted by molar-refractivity contribution is 0.260. The SMILES string of the molecule is CCC(N)Cc1cccnc1N1CCC(N2CCCC2)C1. The maximum atomic E-state index is 6.14. The topological polar surface area (TPSA) is 45.4 Å². The summed E-state index contributed by atoms with van der Waals surface area (Å²) < 4.78 is 0. The molecule has 0 radical (unpaired) electrons. The van der Waals surface area contributed by atoms with E-state index in [1.54, 1.807) is 0 Å². The number of pyridine rings is 1. The van der Waals surface area contributed by atoms with Crippen LogP contribution in [0.2, 0.25) is 0 Å². The van der Waals surface area contributed by atoms with Gasteiger partial charge in [0.1, 0.15) is 5.82 Å². The molecule has 0 aromatic carbocycles. The highest BCUT2D eigenvalue weighted by molar-refractivity contribution is 5.48. The maximum absolute atomic E-state index is 6.14. The standard InChI is InChI=1S/C17H28N4/c1-2-15(18)12-14-6-5-8-19-17(14)21-11-7-16(13-21)20-9-3-4-10-20/h5-6,8,15-16H,2-4,7,9-13,18H2,1H3. The first-order valence-corrected chi connectivity index (χ1v) is 8.46. The number of rotatable bonds is 5. The summed E-state index contributed by atoms with van der Waals surface area (Å²) in [6, 6.07) is 5.20. The molecule has 2 saturated heterocycles. The van der Waals surface area contributed by atoms with Crippen LogP contribution in [0.5, 0.6) is 0 Å². The molecule has 2 N–H and O–H groups in total. The van der Waals surface area contributed by atoms with E-state index >= 15 is 0 Å². The molecule has 2 aliphatic rings. The van der Waals surface area contributed by atoms with Crippen LogP contribution < -0.4 is 10.6 Å². The second kappa shape index (κ2) is 6.75. The van der Waals surface area contributed by atoms with E-state index < -0.39 is 0 Å². The normalized spacial score (nSPS) is 24.7. The second-order valence-corrected chi connectivity index (χ2v) is 6.49. The lowest BCUT2D eigenvalue weighted by Gasteiger charge is -2.25. The Labute approximate surface area is 128 Å². The van der Waals surface area contributed by atoms with Crippen LogP contribution in [-0.2, 0) is 6.42 Å². The third-order valence-corrected chi connectivity index (χ3v) is 4.99. The number of nitrogens with two attached hydrogens (primary N) is 1. The molecular weight excluding hydrogens is 260 g/mol. The number of hydrogen-bond acceptors (Lipinski definition) is 4. The van der Waals surface area contributed by atoms with Crippen LogP contribution >= 0.6 is 0 Å². The van der Waals surface area contributed by atoms with Gasteiger partial charge in [0.15, 0.2) is 0 Å². The van der Waals surface area contributed by atoms with Gasteiger partial charge in [-0.25, -0.2) is 4.98 Å². The van der Waals surface area contributed by atoms with Gasteiger partial charge in [-0.1, -0.05) is 13.0 Å². The molecule has 0 spiro atoms. The van der Waals surface area contributed by atoms with Crippen LogP contribution in [0.25, 0.3) is 0 Å². The number of likely N-dealkylation sites (tertiary alicyclic amines) is 1. The predicted molar refractivity (Wildman–Crippen MR) is 87.6 cm³/mol. The van der Waals surface area contributed by atoms with E-state index in [2.05, 4.69) is 27.8 Å². The van der Waals surface area contributed by atoms with E-state index in [1.807, 2.05) is 12.3 Å². The van der Waals surface area contributed by atoms with Crippen molar-refractivity contribution in [1.29, 1.82) is 0 Å². The van der Waals surface area contributed by atoms with E-state index in [9.17, 15) is 0 Å². The maximum Gasteiger partial charge on any atom is 0.131 e. The third-order valence-electron chi connectivity index (χ3n) is 4.99. The number of nitrogens with zero attached hydrogens (tertiary/aromatic N) is 3. The van der Waals surface area contributed by atoms with E-state index in [0.29, 0.717) is 0 Å². The first kappa shape index (κ1) is 14.8. The van der Waals surface area contributed by atoms with Gasteiger partial charge in [-0.3, -0.25) is 4.90 Å². The zero-order chi connectivity index (χ0) is 14.7. The van der Waals surface area contributed by atoms with Gasteiger partial charge in [0.25, 0.3) is 0 Å². The number of aromatic nitrogens is 1. The number of hydrogen-bond donors (Lipinski definition) is 1. The molecule has 2 unspecified atom stereocenters. The summed E-state index contributed by atoms with van der Waals surface area (Å²) in [5.41, 5.74) is 7.46. The minimum absolute atomic E-state index is 0.241. The predicted octanol–water partition coefficient (Wildman–Crippen LogP) is 2.04. The van der Waals surface area contributed by atoms with Gasteiger partial charge in [0, 0.05) is 31.4 Å². The summed E-state index contributed by atoms with van der Waals surface area (Å²) >= 11 is 0. The molecule has 1 aromatic heterocycles. The van der Waals surface area contributed by atoms with Crippen molar-refractivity contribution in [1.82, 2.24) is 9.88 Å². The van der Waals surface area contributed by atoms with Gasteiger partial charge in [-0.2, -0.15) is 0 Å². The zero-order valence-corrected chi connectivity index (χ0v) is 13.2. The molecule has 116 valence electrons. The lowest BCUT2D eigenvalue weighted by Crippen LogP contribution is -2.35. The van der Waals surface area contributed by atoms with Gasteiger partial charge in [0.05, 0.1) is 0 Å². The minimum Gasteiger partial charge on any atom is -0.355 e. The molecule has 0 bridgehead atoms. The number of anilines is 1. The van der Waals surface area contributed by atoms with Crippen molar-refractivity contribution in [2.45, 2.75) is 51.1 Å². The summed E-state index contributed by atoms with van der Waals surface area (Å²) in [5, 5.41) is 0. The van der Waals surface area contributed by atoms with Crippen molar-refractivity contribution in [2.24, 2.45) is 5.73 Å². The molecule has 0 aliphatic carbocycles. The molecule has 2 fully saturated rings. The van der Waals surface area contributed by atoms with Crippen LogP contribution in [0, 0.1) is 0 Å². The molecular formula is C17H28N4. The molecule has 3 rings (SSSR count). The molecule has 4 nitrogen and oxygen atoms in total. The Bertz CT molecular complexity index is 456. The van der Waals surface area contributed by atoms with Crippen molar-refractivity contribution < 1.29 is 0 Å². The molecule has 0 amide bonds. The fourth-order valence-corrected chi connectivity index (χ4v) is 3.64. The van der Waals surface area contributed by atoms with E-state index in [0.717, 1.165) is 32.0 Å². The first-order chi connectivity index (χ1) is 10.3. The van der Waals surface area contributed by atoms with Crippen LogP contribution in [0.1, 0.15) is 38.2 Å².